The standard InChI is InChI=1S/C21H24ClN3OS/c1-24(2)14-7-15-25(19(26)13-12-16-8-4-3-5-9-16)21-23-20-17(22)10-6-11-18(20)27-21/h3-6,8-11H,7,12-15H2,1-2H3. The van der Waals surface area contributed by atoms with Gasteiger partial charge in [0.1, 0.15) is 5.52 Å². The van der Waals surface area contributed by atoms with Gasteiger partial charge in [0.15, 0.2) is 5.13 Å². The van der Waals surface area contributed by atoms with Crippen LogP contribution in [0.3, 0.4) is 0 Å². The van der Waals surface area contributed by atoms with Crippen LogP contribution in [0.25, 0.3) is 10.2 Å². The average molecular weight is 402 g/mol. The third kappa shape index (κ3) is 5.28. The molecule has 0 bridgehead atoms. The molecule has 3 rings (SSSR count). The van der Waals surface area contributed by atoms with E-state index in [4.69, 9.17) is 11.6 Å². The summed E-state index contributed by atoms with van der Waals surface area (Å²) in [6.45, 7) is 1.58. The molecule has 2 aromatic carbocycles. The van der Waals surface area contributed by atoms with Gasteiger partial charge >= 0.3 is 0 Å². The molecule has 0 unspecified atom stereocenters. The quantitative estimate of drug-likeness (QED) is 0.540. The first kappa shape index (κ1) is 19.8. The Balaban J connectivity index is 1.78. The first-order valence-corrected chi connectivity index (χ1v) is 10.3. The zero-order valence-electron chi connectivity index (χ0n) is 15.7. The molecular formula is C21H24ClN3OS. The lowest BCUT2D eigenvalue weighted by atomic mass is 10.1. The number of para-hydroxylation sites is 1. The van der Waals surface area contributed by atoms with E-state index in [1.54, 1.807) is 0 Å². The van der Waals surface area contributed by atoms with Gasteiger partial charge in [0.2, 0.25) is 5.91 Å². The van der Waals surface area contributed by atoms with Crippen LogP contribution in [0.1, 0.15) is 18.4 Å². The van der Waals surface area contributed by atoms with E-state index in [0.29, 0.717) is 18.0 Å². The fourth-order valence-electron chi connectivity index (χ4n) is 2.92. The molecule has 0 fully saturated rings. The lowest BCUT2D eigenvalue weighted by Crippen LogP contribution is -2.33. The summed E-state index contributed by atoms with van der Waals surface area (Å²) >= 11 is 7.80. The second-order valence-corrected chi connectivity index (χ2v) is 8.19. The number of thiazole rings is 1. The van der Waals surface area contributed by atoms with Crippen LogP contribution >= 0.6 is 22.9 Å². The molecule has 0 radical (unpaired) electrons. The van der Waals surface area contributed by atoms with Crippen LogP contribution in [0.4, 0.5) is 5.13 Å². The number of anilines is 1. The van der Waals surface area contributed by atoms with Crippen molar-refractivity contribution in [2.75, 3.05) is 32.1 Å². The van der Waals surface area contributed by atoms with E-state index >= 15 is 0 Å². The topological polar surface area (TPSA) is 36.4 Å². The first-order valence-electron chi connectivity index (χ1n) is 9.08. The van der Waals surface area contributed by atoms with Crippen LogP contribution in [-0.2, 0) is 11.2 Å². The molecule has 0 atom stereocenters. The number of aryl methyl sites for hydroxylation is 1. The number of halogens is 1. The predicted octanol–water partition coefficient (Wildman–Crippen LogP) is 4.87. The molecule has 0 saturated carbocycles. The van der Waals surface area contributed by atoms with Gasteiger partial charge in [-0.2, -0.15) is 0 Å². The Hall–Kier alpha value is -1.95. The van der Waals surface area contributed by atoms with Crippen molar-refractivity contribution in [1.82, 2.24) is 9.88 Å². The smallest absolute Gasteiger partial charge is 0.229 e. The van der Waals surface area contributed by atoms with E-state index in [1.807, 2.05) is 55.4 Å². The maximum absolute atomic E-state index is 13.0. The predicted molar refractivity (Wildman–Crippen MR) is 115 cm³/mol. The summed E-state index contributed by atoms with van der Waals surface area (Å²) in [7, 11) is 4.08. The number of aromatic nitrogens is 1. The van der Waals surface area contributed by atoms with Gasteiger partial charge in [-0.3, -0.25) is 9.69 Å². The minimum Gasteiger partial charge on any atom is -0.309 e. The average Bonchev–Trinajstić information content (AvgIpc) is 3.09. The Labute approximate surface area is 169 Å². The summed E-state index contributed by atoms with van der Waals surface area (Å²) in [4.78, 5) is 21.6. The van der Waals surface area contributed by atoms with Gasteiger partial charge in [0.25, 0.3) is 0 Å². The molecule has 1 heterocycles. The normalized spacial score (nSPS) is 11.3. The molecular weight excluding hydrogens is 378 g/mol. The highest BCUT2D eigenvalue weighted by atomic mass is 35.5. The minimum absolute atomic E-state index is 0.104. The van der Waals surface area contributed by atoms with Crippen LogP contribution in [0.15, 0.2) is 48.5 Å². The number of benzene rings is 2. The van der Waals surface area contributed by atoms with E-state index in [-0.39, 0.29) is 5.91 Å². The van der Waals surface area contributed by atoms with E-state index in [1.165, 1.54) is 16.9 Å². The minimum atomic E-state index is 0.104. The lowest BCUT2D eigenvalue weighted by molar-refractivity contribution is -0.118. The second kappa shape index (κ2) is 9.31. The third-order valence-corrected chi connectivity index (χ3v) is 5.70. The van der Waals surface area contributed by atoms with Crippen LogP contribution in [0.2, 0.25) is 5.02 Å². The van der Waals surface area contributed by atoms with Crippen molar-refractivity contribution in [3.8, 4) is 0 Å². The van der Waals surface area contributed by atoms with E-state index in [0.717, 1.165) is 34.7 Å². The molecule has 27 heavy (non-hydrogen) atoms. The number of fused-ring (bicyclic) bond motifs is 1. The Morgan fingerprint density at radius 1 is 1.07 bits per heavy atom. The Kier molecular flexibility index (Phi) is 6.83. The van der Waals surface area contributed by atoms with Crippen molar-refractivity contribution in [3.63, 3.8) is 0 Å². The molecule has 142 valence electrons. The summed E-state index contributed by atoms with van der Waals surface area (Å²) in [6.07, 6.45) is 2.10. The maximum Gasteiger partial charge on any atom is 0.229 e. The zero-order chi connectivity index (χ0) is 19.2. The fraction of sp³-hybridized carbons (Fsp3) is 0.333. The van der Waals surface area contributed by atoms with Crippen LogP contribution in [-0.4, -0.2) is 43.0 Å². The lowest BCUT2D eigenvalue weighted by Gasteiger charge is -2.21. The molecule has 0 aliphatic heterocycles. The summed E-state index contributed by atoms with van der Waals surface area (Å²) < 4.78 is 1.01. The van der Waals surface area contributed by atoms with E-state index in [2.05, 4.69) is 22.0 Å². The van der Waals surface area contributed by atoms with Gasteiger partial charge in [0, 0.05) is 13.0 Å². The SMILES string of the molecule is CN(C)CCCN(C(=O)CCc1ccccc1)c1nc2c(Cl)cccc2s1. The van der Waals surface area contributed by atoms with Gasteiger partial charge in [0.05, 0.1) is 9.72 Å². The van der Waals surface area contributed by atoms with Crippen LogP contribution in [0.5, 0.6) is 0 Å². The molecule has 0 aliphatic rings. The fourth-order valence-corrected chi connectivity index (χ4v) is 4.23. The summed E-state index contributed by atoms with van der Waals surface area (Å²) in [5.74, 6) is 0.104. The molecule has 0 saturated heterocycles. The molecule has 0 aliphatic carbocycles. The first-order chi connectivity index (χ1) is 13.0. The van der Waals surface area contributed by atoms with Crippen molar-refractivity contribution in [1.29, 1.82) is 0 Å². The molecule has 1 aromatic heterocycles. The zero-order valence-corrected chi connectivity index (χ0v) is 17.3. The van der Waals surface area contributed by atoms with Gasteiger partial charge in [-0.25, -0.2) is 4.98 Å². The Morgan fingerprint density at radius 3 is 2.56 bits per heavy atom. The molecule has 0 spiro atoms. The largest absolute Gasteiger partial charge is 0.309 e. The van der Waals surface area contributed by atoms with Crippen LogP contribution in [0, 0.1) is 0 Å². The number of amides is 1. The van der Waals surface area contributed by atoms with Crippen molar-refractivity contribution < 1.29 is 4.79 Å². The molecule has 1 amide bonds. The summed E-state index contributed by atoms with van der Waals surface area (Å²) in [5.41, 5.74) is 1.94. The second-order valence-electron chi connectivity index (χ2n) is 6.77. The van der Waals surface area contributed by atoms with Crippen molar-refractivity contribution >= 4 is 44.2 Å². The number of hydrogen-bond acceptors (Lipinski definition) is 4. The molecule has 4 nitrogen and oxygen atoms in total. The Morgan fingerprint density at radius 2 is 1.85 bits per heavy atom. The molecule has 0 N–H and O–H groups in total. The Bertz CT molecular complexity index is 895. The highest BCUT2D eigenvalue weighted by Crippen LogP contribution is 2.33. The molecule has 6 heteroatoms. The monoisotopic (exact) mass is 401 g/mol. The summed E-state index contributed by atoms with van der Waals surface area (Å²) in [6, 6.07) is 15.9. The van der Waals surface area contributed by atoms with Crippen LogP contribution < -0.4 is 4.90 Å². The van der Waals surface area contributed by atoms with E-state index < -0.39 is 0 Å². The summed E-state index contributed by atoms with van der Waals surface area (Å²) in [5, 5.41) is 1.36. The van der Waals surface area contributed by atoms with Crippen molar-refractivity contribution in [3.05, 3.63) is 59.1 Å². The van der Waals surface area contributed by atoms with Gasteiger partial charge in [-0.05, 0) is 51.2 Å². The number of nitrogens with zero attached hydrogens (tertiary/aromatic N) is 3. The molecule has 3 aromatic rings. The number of carbonyl (C=O) groups excluding carboxylic acids is 1. The van der Waals surface area contributed by atoms with Gasteiger partial charge in [-0.15, -0.1) is 0 Å². The maximum atomic E-state index is 13.0. The number of hydrogen-bond donors (Lipinski definition) is 0. The third-order valence-electron chi connectivity index (χ3n) is 4.35. The highest BCUT2D eigenvalue weighted by Gasteiger charge is 2.20. The highest BCUT2D eigenvalue weighted by molar-refractivity contribution is 7.22. The number of carbonyl (C=O) groups is 1. The number of rotatable bonds is 8. The van der Waals surface area contributed by atoms with E-state index in [9.17, 15) is 4.79 Å². The van der Waals surface area contributed by atoms with Crippen molar-refractivity contribution in [2.24, 2.45) is 0 Å². The van der Waals surface area contributed by atoms with Crippen molar-refractivity contribution in [2.45, 2.75) is 19.3 Å². The van der Waals surface area contributed by atoms with Gasteiger partial charge in [-0.1, -0.05) is 59.3 Å². The van der Waals surface area contributed by atoms with Gasteiger partial charge < -0.3 is 4.90 Å².